The van der Waals surface area contributed by atoms with Gasteiger partial charge in [0.1, 0.15) is 5.78 Å². The van der Waals surface area contributed by atoms with Gasteiger partial charge in [-0.1, -0.05) is 30.9 Å². The second-order valence-electron chi connectivity index (χ2n) is 7.26. The van der Waals surface area contributed by atoms with Crippen molar-refractivity contribution in [1.82, 2.24) is 0 Å². The molecule has 2 rings (SSSR count). The quantitative estimate of drug-likeness (QED) is 0.485. The summed E-state index contributed by atoms with van der Waals surface area (Å²) in [6.07, 6.45) is 14.7. The molecule has 4 nitrogen and oxygen atoms in total. The number of hydrogen-bond donors (Lipinski definition) is 2. The lowest BCUT2D eigenvalue weighted by molar-refractivity contribution is -0.136. The lowest BCUT2D eigenvalue weighted by Gasteiger charge is -2.27. The fraction of sp³-hybridized carbons (Fsp3) is 0.667. The summed E-state index contributed by atoms with van der Waals surface area (Å²) < 4.78 is 0. The number of carbonyl (C=O) groups excluding carboxylic acids is 1. The summed E-state index contributed by atoms with van der Waals surface area (Å²) in [5.41, 5.74) is 4.05. The van der Waals surface area contributed by atoms with Crippen molar-refractivity contribution in [2.75, 3.05) is 0 Å². The number of carboxylic acid groups (broad SMARTS) is 1. The predicted molar refractivity (Wildman–Crippen MR) is 97.2 cm³/mol. The summed E-state index contributed by atoms with van der Waals surface area (Å²) in [7, 11) is 0. The second kappa shape index (κ2) is 10.4. The third-order valence-electron chi connectivity index (χ3n) is 5.44. The van der Waals surface area contributed by atoms with Crippen molar-refractivity contribution in [1.29, 1.82) is 0 Å². The number of carboxylic acids is 1. The zero-order chi connectivity index (χ0) is 18.1. The highest BCUT2D eigenvalue weighted by Gasteiger charge is 2.28. The highest BCUT2D eigenvalue weighted by molar-refractivity contribution is 5.88. The third-order valence-corrected chi connectivity index (χ3v) is 5.44. The van der Waals surface area contributed by atoms with E-state index in [-0.39, 0.29) is 24.2 Å². The fourth-order valence-electron chi connectivity index (χ4n) is 3.98. The van der Waals surface area contributed by atoms with Crippen LogP contribution in [0.1, 0.15) is 70.6 Å². The van der Waals surface area contributed by atoms with Gasteiger partial charge in [-0.25, -0.2) is 0 Å². The number of aliphatic hydroxyl groups excluding tert-OH is 1. The first-order valence-electron chi connectivity index (χ1n) is 9.59. The molecule has 0 radical (unpaired) electrons. The van der Waals surface area contributed by atoms with Crippen molar-refractivity contribution >= 4 is 11.8 Å². The van der Waals surface area contributed by atoms with Crippen molar-refractivity contribution in [3.63, 3.8) is 0 Å². The van der Waals surface area contributed by atoms with Gasteiger partial charge in [0.2, 0.25) is 0 Å². The van der Waals surface area contributed by atoms with Crippen LogP contribution >= 0.6 is 0 Å². The van der Waals surface area contributed by atoms with Crippen molar-refractivity contribution < 1.29 is 19.8 Å². The van der Waals surface area contributed by atoms with E-state index in [0.29, 0.717) is 12.3 Å². The van der Waals surface area contributed by atoms with Crippen LogP contribution in [0.4, 0.5) is 0 Å². The number of allylic oxidation sites excluding steroid dienone is 2. The van der Waals surface area contributed by atoms with Gasteiger partial charge in [-0.15, -0.1) is 5.73 Å². The Morgan fingerprint density at radius 1 is 1.28 bits per heavy atom. The standard InChI is InChI=1S/C21H30O4/c22-19(17-8-4-3-5-9-17)14-12-16-13-15-20(23)18(16)10-6-1-2-7-11-21(24)25/h1,7,13,17-19,22H,3-6,8-12,14-15H2,(H,24,25)/t2?,18-,19+/m1/s1. The molecule has 0 aromatic rings. The molecule has 0 amide bonds. The molecule has 138 valence electrons. The van der Waals surface area contributed by atoms with E-state index in [1.165, 1.54) is 30.9 Å². The highest BCUT2D eigenvalue weighted by atomic mass is 16.4. The zero-order valence-electron chi connectivity index (χ0n) is 15.0. The van der Waals surface area contributed by atoms with E-state index in [1.807, 2.05) is 12.2 Å². The molecule has 0 spiro atoms. The Labute approximate surface area is 150 Å². The molecule has 2 aliphatic rings. The van der Waals surface area contributed by atoms with Crippen LogP contribution in [0.15, 0.2) is 29.5 Å². The molecule has 1 saturated carbocycles. The summed E-state index contributed by atoms with van der Waals surface area (Å²) in [6.45, 7) is 0. The van der Waals surface area contributed by atoms with Gasteiger partial charge in [-0.05, 0) is 56.6 Å². The number of rotatable bonds is 9. The lowest BCUT2D eigenvalue weighted by atomic mass is 9.82. The summed E-state index contributed by atoms with van der Waals surface area (Å²) >= 11 is 0. The average Bonchev–Trinajstić information content (AvgIpc) is 2.96. The molecule has 4 heteroatoms. The molecular formula is C21H30O4. The van der Waals surface area contributed by atoms with Gasteiger partial charge < -0.3 is 10.2 Å². The normalized spacial score (nSPS) is 22.2. The van der Waals surface area contributed by atoms with Crippen LogP contribution in [0.3, 0.4) is 0 Å². The summed E-state index contributed by atoms with van der Waals surface area (Å²) in [4.78, 5) is 22.5. The van der Waals surface area contributed by atoms with Crippen LogP contribution in [0.25, 0.3) is 0 Å². The Balaban J connectivity index is 1.76. The number of ketones is 1. The Hall–Kier alpha value is -1.64. The fourth-order valence-corrected chi connectivity index (χ4v) is 3.98. The van der Waals surface area contributed by atoms with Crippen molar-refractivity contribution in [3.8, 4) is 0 Å². The van der Waals surface area contributed by atoms with E-state index >= 15 is 0 Å². The second-order valence-corrected chi connectivity index (χ2v) is 7.26. The van der Waals surface area contributed by atoms with Gasteiger partial charge in [0, 0.05) is 12.3 Å². The largest absolute Gasteiger partial charge is 0.481 e. The summed E-state index contributed by atoms with van der Waals surface area (Å²) in [5.74, 6) is -0.193. The molecular weight excluding hydrogens is 316 g/mol. The molecule has 1 fully saturated rings. The molecule has 2 aliphatic carbocycles. The van der Waals surface area contributed by atoms with Crippen LogP contribution in [0.5, 0.6) is 0 Å². The minimum absolute atomic E-state index is 0.0247. The maximum atomic E-state index is 12.1. The summed E-state index contributed by atoms with van der Waals surface area (Å²) in [6, 6.07) is 0. The monoisotopic (exact) mass is 346 g/mol. The number of hydrogen-bond acceptors (Lipinski definition) is 3. The maximum absolute atomic E-state index is 12.1. The number of aliphatic hydroxyl groups is 1. The smallest absolute Gasteiger partial charge is 0.307 e. The van der Waals surface area contributed by atoms with Gasteiger partial charge in [-0.2, -0.15) is 0 Å². The van der Waals surface area contributed by atoms with Crippen LogP contribution in [0.2, 0.25) is 0 Å². The first kappa shape index (κ1) is 19.7. The zero-order valence-corrected chi connectivity index (χ0v) is 15.0. The SMILES string of the molecule is O=C(O)CC=C=CCC[C@H]1C(=O)CC=C1CC[C@H](O)C1CCCCC1. The summed E-state index contributed by atoms with van der Waals surface area (Å²) in [5, 5.41) is 19.0. The van der Waals surface area contributed by atoms with E-state index in [0.717, 1.165) is 38.5 Å². The molecule has 0 aliphatic heterocycles. The van der Waals surface area contributed by atoms with Gasteiger partial charge in [0.05, 0.1) is 12.5 Å². The van der Waals surface area contributed by atoms with Crippen LogP contribution in [0, 0.1) is 11.8 Å². The van der Waals surface area contributed by atoms with Crippen LogP contribution in [-0.2, 0) is 9.59 Å². The first-order valence-corrected chi connectivity index (χ1v) is 9.59. The topological polar surface area (TPSA) is 74.6 Å². The van der Waals surface area contributed by atoms with Gasteiger partial charge in [0.15, 0.2) is 0 Å². The van der Waals surface area contributed by atoms with E-state index < -0.39 is 5.97 Å². The van der Waals surface area contributed by atoms with Gasteiger partial charge in [-0.3, -0.25) is 9.59 Å². The third kappa shape index (κ3) is 6.64. The number of carbonyl (C=O) groups is 2. The lowest BCUT2D eigenvalue weighted by Crippen LogP contribution is -2.23. The van der Waals surface area contributed by atoms with E-state index in [2.05, 4.69) is 5.73 Å². The number of Topliss-reactive ketones (excluding diaryl/α,β-unsaturated/α-hetero) is 1. The molecule has 2 N–H and O–H groups in total. The maximum Gasteiger partial charge on any atom is 0.307 e. The highest BCUT2D eigenvalue weighted by Crippen LogP contribution is 2.33. The minimum atomic E-state index is -0.867. The van der Waals surface area contributed by atoms with E-state index in [9.17, 15) is 14.7 Å². The van der Waals surface area contributed by atoms with Gasteiger partial charge in [0.25, 0.3) is 0 Å². The van der Waals surface area contributed by atoms with Crippen molar-refractivity contribution in [2.24, 2.45) is 11.8 Å². The van der Waals surface area contributed by atoms with Crippen molar-refractivity contribution in [3.05, 3.63) is 29.5 Å². The molecule has 0 aromatic carbocycles. The Morgan fingerprint density at radius 3 is 2.76 bits per heavy atom. The Morgan fingerprint density at radius 2 is 2.04 bits per heavy atom. The first-order chi connectivity index (χ1) is 12.1. The minimum Gasteiger partial charge on any atom is -0.481 e. The Kier molecular flexibility index (Phi) is 8.17. The molecule has 2 atom stereocenters. The average molecular weight is 346 g/mol. The molecule has 0 bridgehead atoms. The molecule has 0 unspecified atom stereocenters. The number of aliphatic carboxylic acids is 1. The predicted octanol–water partition coefficient (Wildman–Crippen LogP) is 4.19. The molecule has 0 heterocycles. The van der Waals surface area contributed by atoms with Crippen LogP contribution < -0.4 is 0 Å². The molecule has 25 heavy (non-hydrogen) atoms. The van der Waals surface area contributed by atoms with Crippen molar-refractivity contribution in [2.45, 2.75) is 76.7 Å². The van der Waals surface area contributed by atoms with Gasteiger partial charge >= 0.3 is 5.97 Å². The molecule has 0 aromatic heterocycles. The van der Waals surface area contributed by atoms with E-state index in [1.54, 1.807) is 0 Å². The van der Waals surface area contributed by atoms with Crippen LogP contribution in [-0.4, -0.2) is 28.1 Å². The van der Waals surface area contributed by atoms with E-state index in [4.69, 9.17) is 5.11 Å². The Bertz CT molecular complexity index is 548. The molecule has 0 saturated heterocycles.